The van der Waals surface area contributed by atoms with E-state index in [1.165, 1.54) is 7.11 Å². The molecular formula is C22H22O11. The standard InChI is InChI=1S/C22H22O11/c1-30-10-4-2-9(3-5-10)13-6-11(24)16-14(31-13)7-12(25)21(18(16)27)33-22-20(29)19(28)17(26)15(8-23)32-22/h2-7,15,17,19-20,22-23,25-29H,8H2,1H3/t15-,17-,19+,20-,22+/m1/s1. The van der Waals surface area contributed by atoms with Gasteiger partial charge >= 0.3 is 0 Å². The van der Waals surface area contributed by atoms with Crippen molar-refractivity contribution in [1.29, 1.82) is 0 Å². The van der Waals surface area contributed by atoms with E-state index in [1.54, 1.807) is 24.3 Å². The first-order valence-corrected chi connectivity index (χ1v) is 9.89. The highest BCUT2D eigenvalue weighted by Gasteiger charge is 2.45. The van der Waals surface area contributed by atoms with Crippen molar-refractivity contribution in [2.24, 2.45) is 0 Å². The van der Waals surface area contributed by atoms with Crippen LogP contribution >= 0.6 is 0 Å². The molecule has 0 spiro atoms. The van der Waals surface area contributed by atoms with Gasteiger partial charge in [-0.15, -0.1) is 0 Å². The molecule has 0 amide bonds. The van der Waals surface area contributed by atoms with Gasteiger partial charge in [0.05, 0.1) is 13.7 Å². The monoisotopic (exact) mass is 462 g/mol. The highest BCUT2D eigenvalue weighted by Crippen LogP contribution is 2.43. The lowest BCUT2D eigenvalue weighted by Crippen LogP contribution is -2.60. The lowest BCUT2D eigenvalue weighted by Gasteiger charge is -2.39. The summed E-state index contributed by atoms with van der Waals surface area (Å²) in [5.41, 5.74) is -0.224. The average Bonchev–Trinajstić information content (AvgIpc) is 2.81. The number of aliphatic hydroxyl groups is 4. The number of hydrogen-bond acceptors (Lipinski definition) is 11. The van der Waals surface area contributed by atoms with E-state index in [-0.39, 0.29) is 16.7 Å². The van der Waals surface area contributed by atoms with Crippen LogP contribution in [0.5, 0.6) is 23.0 Å². The topological polar surface area (TPSA) is 179 Å². The van der Waals surface area contributed by atoms with Crippen LogP contribution in [-0.4, -0.2) is 75.1 Å². The van der Waals surface area contributed by atoms with E-state index < -0.39 is 60.0 Å². The van der Waals surface area contributed by atoms with Gasteiger partial charge < -0.3 is 49.3 Å². The lowest BCUT2D eigenvalue weighted by molar-refractivity contribution is -0.277. The maximum Gasteiger partial charge on any atom is 0.229 e. The number of phenols is 2. The van der Waals surface area contributed by atoms with Crippen LogP contribution in [0.2, 0.25) is 0 Å². The number of fused-ring (bicyclic) bond motifs is 1. The molecule has 2 heterocycles. The quantitative estimate of drug-likeness (QED) is 0.302. The Bertz CT molecular complexity index is 1200. The van der Waals surface area contributed by atoms with Crippen molar-refractivity contribution in [3.63, 3.8) is 0 Å². The van der Waals surface area contributed by atoms with E-state index in [0.29, 0.717) is 11.3 Å². The Morgan fingerprint density at radius 2 is 1.70 bits per heavy atom. The van der Waals surface area contributed by atoms with Gasteiger partial charge in [0, 0.05) is 17.7 Å². The summed E-state index contributed by atoms with van der Waals surface area (Å²) in [6.45, 7) is -0.696. The summed E-state index contributed by atoms with van der Waals surface area (Å²) in [4.78, 5) is 12.8. The van der Waals surface area contributed by atoms with E-state index in [2.05, 4.69) is 0 Å². The minimum absolute atomic E-state index is 0.135. The normalized spacial score (nSPS) is 25.2. The van der Waals surface area contributed by atoms with E-state index in [4.69, 9.17) is 18.6 Å². The van der Waals surface area contributed by atoms with Gasteiger partial charge in [0.15, 0.2) is 16.9 Å². The molecule has 1 aromatic heterocycles. The van der Waals surface area contributed by atoms with Crippen LogP contribution < -0.4 is 14.9 Å². The highest BCUT2D eigenvalue weighted by molar-refractivity contribution is 5.89. The van der Waals surface area contributed by atoms with Gasteiger partial charge in [-0.05, 0) is 24.3 Å². The first kappa shape index (κ1) is 22.8. The third-order valence-corrected chi connectivity index (χ3v) is 5.38. The van der Waals surface area contributed by atoms with Gasteiger partial charge in [0.2, 0.25) is 12.0 Å². The maximum atomic E-state index is 12.8. The minimum Gasteiger partial charge on any atom is -0.504 e. The Labute approximate surface area is 186 Å². The van der Waals surface area contributed by atoms with E-state index in [0.717, 1.165) is 12.1 Å². The zero-order valence-corrected chi connectivity index (χ0v) is 17.3. The largest absolute Gasteiger partial charge is 0.504 e. The fourth-order valence-electron chi connectivity index (χ4n) is 3.57. The van der Waals surface area contributed by atoms with Crippen LogP contribution in [0.3, 0.4) is 0 Å². The van der Waals surface area contributed by atoms with Crippen LogP contribution in [0.4, 0.5) is 0 Å². The van der Waals surface area contributed by atoms with Gasteiger partial charge in [-0.3, -0.25) is 4.79 Å². The second-order valence-corrected chi connectivity index (χ2v) is 7.47. The molecule has 2 aromatic carbocycles. The summed E-state index contributed by atoms with van der Waals surface area (Å²) in [6.07, 6.45) is -8.09. The Kier molecular flexibility index (Phi) is 6.15. The molecule has 176 valence electrons. The summed E-state index contributed by atoms with van der Waals surface area (Å²) < 4.78 is 21.3. The fraction of sp³-hybridized carbons (Fsp3) is 0.318. The van der Waals surface area contributed by atoms with Crippen molar-refractivity contribution < 1.29 is 49.3 Å². The molecule has 1 aliphatic heterocycles. The molecule has 11 nitrogen and oxygen atoms in total. The van der Waals surface area contributed by atoms with Gasteiger partial charge in [-0.2, -0.15) is 0 Å². The van der Waals surface area contributed by atoms with Crippen molar-refractivity contribution >= 4 is 11.0 Å². The Morgan fingerprint density at radius 1 is 1.00 bits per heavy atom. The van der Waals surface area contributed by atoms with Crippen molar-refractivity contribution in [2.75, 3.05) is 13.7 Å². The minimum atomic E-state index is -1.79. The van der Waals surface area contributed by atoms with Crippen molar-refractivity contribution in [2.45, 2.75) is 30.7 Å². The average molecular weight is 462 g/mol. The summed E-state index contributed by atoms with van der Waals surface area (Å²) in [5.74, 6) is -1.26. The molecule has 33 heavy (non-hydrogen) atoms. The van der Waals surface area contributed by atoms with Crippen molar-refractivity contribution in [1.82, 2.24) is 0 Å². The first-order chi connectivity index (χ1) is 15.7. The molecule has 1 fully saturated rings. The molecule has 0 saturated carbocycles. The Hall–Kier alpha value is -3.35. The molecule has 5 atom stereocenters. The highest BCUT2D eigenvalue weighted by atomic mass is 16.7. The van der Waals surface area contributed by atoms with Gasteiger partial charge in [0.25, 0.3) is 0 Å². The van der Waals surface area contributed by atoms with Crippen LogP contribution in [-0.2, 0) is 4.74 Å². The maximum absolute atomic E-state index is 12.8. The fourth-order valence-corrected chi connectivity index (χ4v) is 3.57. The number of rotatable bonds is 5. The number of ether oxygens (including phenoxy) is 3. The summed E-state index contributed by atoms with van der Waals surface area (Å²) >= 11 is 0. The summed E-state index contributed by atoms with van der Waals surface area (Å²) in [7, 11) is 1.51. The third-order valence-electron chi connectivity index (χ3n) is 5.38. The lowest BCUT2D eigenvalue weighted by atomic mass is 9.99. The SMILES string of the molecule is COc1ccc(-c2cc(=O)c3c(O)c(O[C@@H]4O[C@H](CO)[C@@H](O)[C@H](O)[C@H]4O)c(O)cc3o2)cc1. The number of methoxy groups -OCH3 is 1. The predicted molar refractivity (Wildman–Crippen MR) is 112 cm³/mol. The van der Waals surface area contributed by atoms with E-state index in [9.17, 15) is 35.4 Å². The van der Waals surface area contributed by atoms with Crippen LogP contribution in [0.25, 0.3) is 22.3 Å². The van der Waals surface area contributed by atoms with Crippen LogP contribution in [0.1, 0.15) is 0 Å². The smallest absolute Gasteiger partial charge is 0.229 e. The molecular weight excluding hydrogens is 440 g/mol. The zero-order chi connectivity index (χ0) is 23.9. The molecule has 1 saturated heterocycles. The van der Waals surface area contributed by atoms with Crippen LogP contribution in [0.15, 0.2) is 45.6 Å². The van der Waals surface area contributed by atoms with E-state index in [1.807, 2.05) is 0 Å². The summed E-state index contributed by atoms with van der Waals surface area (Å²) in [6, 6.07) is 8.87. The molecule has 4 rings (SSSR count). The van der Waals surface area contributed by atoms with Gasteiger partial charge in [0.1, 0.15) is 46.9 Å². The number of benzene rings is 2. The molecule has 6 N–H and O–H groups in total. The van der Waals surface area contributed by atoms with Gasteiger partial charge in [-0.25, -0.2) is 0 Å². The molecule has 0 aliphatic carbocycles. The predicted octanol–water partition coefficient (Wildman–Crippen LogP) is 0.0585. The summed E-state index contributed by atoms with van der Waals surface area (Å²) in [5, 5.41) is 59.9. The molecule has 1 aliphatic rings. The third kappa shape index (κ3) is 4.08. The molecule has 0 unspecified atom stereocenters. The number of aromatic hydroxyl groups is 2. The molecule has 3 aromatic rings. The Balaban J connectivity index is 1.72. The van der Waals surface area contributed by atoms with Crippen molar-refractivity contribution in [3.05, 3.63) is 46.6 Å². The Morgan fingerprint density at radius 3 is 2.33 bits per heavy atom. The number of phenolic OH excluding ortho intramolecular Hbond substituents is 2. The second kappa shape index (κ2) is 8.89. The second-order valence-electron chi connectivity index (χ2n) is 7.47. The van der Waals surface area contributed by atoms with E-state index >= 15 is 0 Å². The van der Waals surface area contributed by atoms with Gasteiger partial charge in [-0.1, -0.05) is 0 Å². The number of aliphatic hydroxyl groups excluding tert-OH is 4. The van der Waals surface area contributed by atoms with Crippen molar-refractivity contribution in [3.8, 4) is 34.3 Å². The number of hydrogen-bond donors (Lipinski definition) is 6. The van der Waals surface area contributed by atoms with Crippen LogP contribution in [0, 0.1) is 0 Å². The molecule has 0 radical (unpaired) electrons. The molecule has 0 bridgehead atoms. The zero-order valence-electron chi connectivity index (χ0n) is 17.3. The first-order valence-electron chi connectivity index (χ1n) is 9.89. The molecule has 11 heteroatoms.